The third kappa shape index (κ3) is 2.03. The van der Waals surface area contributed by atoms with E-state index in [0.717, 1.165) is 24.2 Å². The van der Waals surface area contributed by atoms with Gasteiger partial charge in [-0.2, -0.15) is 0 Å². The van der Waals surface area contributed by atoms with E-state index >= 15 is 0 Å². The SMILES string of the molecule is [O]C(Cc1ccccc1)C12CC3CC(CC(C3)C1)C2. The molecule has 101 valence electrons. The van der Waals surface area contributed by atoms with Crippen molar-refractivity contribution in [3.8, 4) is 0 Å². The molecule has 1 atom stereocenters. The lowest BCUT2D eigenvalue weighted by Crippen LogP contribution is -2.51. The second-order valence-electron chi connectivity index (χ2n) is 7.46. The van der Waals surface area contributed by atoms with Crippen molar-refractivity contribution in [2.45, 2.75) is 51.0 Å². The van der Waals surface area contributed by atoms with E-state index in [2.05, 4.69) is 24.3 Å². The van der Waals surface area contributed by atoms with Crippen molar-refractivity contribution in [1.29, 1.82) is 0 Å². The Morgan fingerprint density at radius 2 is 1.47 bits per heavy atom. The van der Waals surface area contributed by atoms with Crippen molar-refractivity contribution in [2.24, 2.45) is 23.2 Å². The largest absolute Gasteiger partial charge is 0.232 e. The number of benzene rings is 1. The highest BCUT2D eigenvalue weighted by Crippen LogP contribution is 2.61. The summed E-state index contributed by atoms with van der Waals surface area (Å²) >= 11 is 0. The molecule has 5 rings (SSSR count). The molecule has 1 radical (unpaired) electrons. The van der Waals surface area contributed by atoms with Crippen LogP contribution in [0.25, 0.3) is 0 Å². The minimum atomic E-state index is -0.372. The summed E-state index contributed by atoms with van der Waals surface area (Å²) in [6.07, 6.45) is 8.36. The Labute approximate surface area is 116 Å². The van der Waals surface area contributed by atoms with Gasteiger partial charge in [0.05, 0.1) is 0 Å². The van der Waals surface area contributed by atoms with Gasteiger partial charge in [0.15, 0.2) is 0 Å². The standard InChI is InChI=1S/C18H23O/c19-17(9-13-4-2-1-3-5-13)18-10-14-6-15(11-18)8-16(7-14)12-18/h1-5,14-17H,6-12H2. The average molecular weight is 255 g/mol. The third-order valence-electron chi connectivity index (χ3n) is 6.03. The average Bonchev–Trinajstić information content (AvgIpc) is 2.38. The van der Waals surface area contributed by atoms with Gasteiger partial charge < -0.3 is 0 Å². The fraction of sp³-hybridized carbons (Fsp3) is 0.667. The van der Waals surface area contributed by atoms with Gasteiger partial charge in [0, 0.05) is 11.8 Å². The van der Waals surface area contributed by atoms with Crippen molar-refractivity contribution >= 4 is 0 Å². The van der Waals surface area contributed by atoms with Gasteiger partial charge >= 0.3 is 0 Å². The Bertz CT molecular complexity index is 415. The van der Waals surface area contributed by atoms with E-state index < -0.39 is 0 Å². The molecule has 1 aromatic carbocycles. The molecule has 0 amide bonds. The van der Waals surface area contributed by atoms with Gasteiger partial charge in [-0.25, -0.2) is 5.11 Å². The first-order valence-electron chi connectivity index (χ1n) is 7.93. The highest BCUT2D eigenvalue weighted by atomic mass is 16.3. The van der Waals surface area contributed by atoms with Crippen molar-refractivity contribution in [2.75, 3.05) is 0 Å². The fourth-order valence-corrected chi connectivity index (χ4v) is 5.62. The van der Waals surface area contributed by atoms with E-state index in [4.69, 9.17) is 0 Å². The van der Waals surface area contributed by atoms with Crippen LogP contribution in [-0.4, -0.2) is 6.10 Å². The molecule has 0 saturated heterocycles. The molecule has 0 spiro atoms. The van der Waals surface area contributed by atoms with Crippen LogP contribution >= 0.6 is 0 Å². The maximum atomic E-state index is 12.9. The van der Waals surface area contributed by atoms with Crippen LogP contribution in [0.4, 0.5) is 0 Å². The quantitative estimate of drug-likeness (QED) is 0.769. The summed E-state index contributed by atoms with van der Waals surface area (Å²) in [5.74, 6) is 2.66. The van der Waals surface area contributed by atoms with Gasteiger partial charge in [-0.05, 0) is 61.8 Å². The molecule has 1 aromatic rings. The van der Waals surface area contributed by atoms with Crippen LogP contribution in [0.1, 0.15) is 44.1 Å². The van der Waals surface area contributed by atoms with Gasteiger partial charge in [-0.3, -0.25) is 0 Å². The van der Waals surface area contributed by atoms with Crippen molar-refractivity contribution in [3.63, 3.8) is 0 Å². The molecule has 4 bridgehead atoms. The normalized spacial score (nSPS) is 41.4. The summed E-state index contributed by atoms with van der Waals surface area (Å²) in [6, 6.07) is 10.4. The molecular formula is C18H23O. The monoisotopic (exact) mass is 255 g/mol. The Morgan fingerprint density at radius 1 is 0.947 bits per heavy atom. The summed E-state index contributed by atoms with van der Waals surface area (Å²) < 4.78 is 0. The first-order chi connectivity index (χ1) is 9.23. The molecule has 0 aliphatic heterocycles. The molecule has 1 unspecified atom stereocenters. The van der Waals surface area contributed by atoms with Crippen LogP contribution in [0, 0.1) is 23.2 Å². The van der Waals surface area contributed by atoms with Crippen LogP contribution in [-0.2, 0) is 11.5 Å². The van der Waals surface area contributed by atoms with Crippen LogP contribution in [0.15, 0.2) is 30.3 Å². The lowest BCUT2D eigenvalue weighted by molar-refractivity contribution is -0.140. The zero-order valence-corrected chi connectivity index (χ0v) is 11.6. The first kappa shape index (κ1) is 12.0. The van der Waals surface area contributed by atoms with Gasteiger partial charge in [-0.1, -0.05) is 30.3 Å². The predicted octanol–water partition coefficient (Wildman–Crippen LogP) is 4.24. The van der Waals surface area contributed by atoms with Gasteiger partial charge in [0.25, 0.3) is 0 Å². The lowest BCUT2D eigenvalue weighted by atomic mass is 9.48. The van der Waals surface area contributed by atoms with Gasteiger partial charge in [0.1, 0.15) is 6.10 Å². The maximum absolute atomic E-state index is 12.9. The van der Waals surface area contributed by atoms with Crippen molar-refractivity contribution < 1.29 is 5.11 Å². The van der Waals surface area contributed by atoms with Crippen LogP contribution in [0.2, 0.25) is 0 Å². The van der Waals surface area contributed by atoms with E-state index in [1.54, 1.807) is 0 Å². The molecule has 19 heavy (non-hydrogen) atoms. The van der Waals surface area contributed by atoms with Gasteiger partial charge in [0.2, 0.25) is 0 Å². The van der Waals surface area contributed by atoms with E-state index in [1.165, 1.54) is 44.1 Å². The molecule has 1 heteroatoms. The second-order valence-corrected chi connectivity index (χ2v) is 7.46. The summed E-state index contributed by atoms with van der Waals surface area (Å²) in [7, 11) is 0. The van der Waals surface area contributed by atoms with Crippen LogP contribution < -0.4 is 0 Å². The number of hydrogen-bond acceptors (Lipinski definition) is 0. The number of hydrogen-bond donors (Lipinski definition) is 0. The molecule has 0 N–H and O–H groups in total. The summed E-state index contributed by atoms with van der Waals surface area (Å²) in [5.41, 5.74) is 1.39. The molecule has 4 aliphatic carbocycles. The number of rotatable bonds is 3. The van der Waals surface area contributed by atoms with Crippen LogP contribution in [0.5, 0.6) is 0 Å². The minimum absolute atomic E-state index is 0.157. The molecule has 1 nitrogen and oxygen atoms in total. The van der Waals surface area contributed by atoms with Crippen molar-refractivity contribution in [3.05, 3.63) is 35.9 Å². The smallest absolute Gasteiger partial charge is 0.103 e. The van der Waals surface area contributed by atoms with Crippen LogP contribution in [0.3, 0.4) is 0 Å². The Kier molecular flexibility index (Phi) is 2.73. The molecule has 4 saturated carbocycles. The van der Waals surface area contributed by atoms with E-state index in [-0.39, 0.29) is 11.5 Å². The Hall–Kier alpha value is -0.820. The molecule has 0 heterocycles. The zero-order valence-electron chi connectivity index (χ0n) is 11.6. The highest BCUT2D eigenvalue weighted by Gasteiger charge is 2.54. The first-order valence-corrected chi connectivity index (χ1v) is 7.93. The molecule has 4 aliphatic rings. The molecule has 4 fully saturated rings. The Morgan fingerprint density at radius 3 is 2.00 bits per heavy atom. The van der Waals surface area contributed by atoms with E-state index in [9.17, 15) is 5.11 Å². The minimum Gasteiger partial charge on any atom is -0.232 e. The molecule has 0 aromatic heterocycles. The predicted molar refractivity (Wildman–Crippen MR) is 75.2 cm³/mol. The topological polar surface area (TPSA) is 19.9 Å². The van der Waals surface area contributed by atoms with E-state index in [1.807, 2.05) is 6.07 Å². The summed E-state index contributed by atoms with van der Waals surface area (Å²) in [4.78, 5) is 0. The van der Waals surface area contributed by atoms with E-state index in [0.29, 0.717) is 0 Å². The van der Waals surface area contributed by atoms with Gasteiger partial charge in [-0.15, -0.1) is 0 Å². The van der Waals surface area contributed by atoms with Crippen molar-refractivity contribution in [1.82, 2.24) is 0 Å². The third-order valence-corrected chi connectivity index (χ3v) is 6.03. The lowest BCUT2D eigenvalue weighted by Gasteiger charge is -2.58. The zero-order chi connectivity index (χ0) is 12.9. The Balaban J connectivity index is 1.55. The fourth-order valence-electron chi connectivity index (χ4n) is 5.62. The highest BCUT2D eigenvalue weighted by molar-refractivity contribution is 5.17. The maximum Gasteiger partial charge on any atom is 0.103 e. The second kappa shape index (κ2) is 4.34. The molecular weight excluding hydrogens is 232 g/mol. The summed E-state index contributed by atoms with van der Waals surface area (Å²) in [6.45, 7) is 0. The summed E-state index contributed by atoms with van der Waals surface area (Å²) in [5, 5.41) is 12.9.